The van der Waals surface area contributed by atoms with Gasteiger partial charge in [0.05, 0.1) is 17.7 Å². The maximum Gasteiger partial charge on any atom is 1.00 e. The van der Waals surface area contributed by atoms with Crippen molar-refractivity contribution >= 4 is 22.1 Å². The van der Waals surface area contributed by atoms with Crippen molar-refractivity contribution in [3.63, 3.8) is 0 Å². The predicted octanol–water partition coefficient (Wildman–Crippen LogP) is 1.43. The summed E-state index contributed by atoms with van der Waals surface area (Å²) in [6.07, 6.45) is 8.74. The van der Waals surface area contributed by atoms with E-state index in [4.69, 9.17) is 9.47 Å². The molecule has 0 saturated heterocycles. The quantitative estimate of drug-likeness (QED) is 0.182. The number of esters is 2. The molecule has 0 aliphatic carbocycles. The van der Waals surface area contributed by atoms with E-state index in [1.54, 1.807) is 6.07 Å². The molecule has 0 amide bonds. The topological polar surface area (TPSA) is 110 Å². The van der Waals surface area contributed by atoms with Crippen LogP contribution >= 0.6 is 0 Å². The van der Waals surface area contributed by atoms with Crippen LogP contribution in [0.1, 0.15) is 92.4 Å². The van der Waals surface area contributed by atoms with Crippen molar-refractivity contribution in [3.8, 4) is 0 Å². The molecular weight excluding hydrogens is 419 g/mol. The molecule has 7 nitrogen and oxygen atoms in total. The minimum absolute atomic E-state index is 0. The van der Waals surface area contributed by atoms with E-state index in [0.29, 0.717) is 0 Å². The third-order valence-corrected chi connectivity index (χ3v) is 5.57. The summed E-state index contributed by atoms with van der Waals surface area (Å²) in [5.41, 5.74) is -1.94. The Balaban J connectivity index is 0.00000841. The summed E-state index contributed by atoms with van der Waals surface area (Å²) in [4.78, 5) is 24.6. The van der Waals surface area contributed by atoms with Crippen LogP contribution in [-0.4, -0.2) is 37.0 Å². The van der Waals surface area contributed by atoms with Crippen LogP contribution in [-0.2, 0) is 19.6 Å². The van der Waals surface area contributed by atoms with Gasteiger partial charge in [-0.3, -0.25) is 0 Å². The van der Waals surface area contributed by atoms with E-state index < -0.39 is 27.5 Å². The molecule has 0 aliphatic rings. The van der Waals surface area contributed by atoms with Crippen LogP contribution in [0.25, 0.3) is 0 Å². The first-order valence-corrected chi connectivity index (χ1v) is 11.7. The Morgan fingerprint density at radius 2 is 1.40 bits per heavy atom. The molecule has 0 N–H and O–H groups in total. The zero-order valence-corrected chi connectivity index (χ0v) is 21.0. The SMILES string of the molecule is CCCCCCCCCCOC(=O)c1ccccc1C(=O)OC(CC)S(=O)(=O)[O-].[Na+]. The fourth-order valence-corrected chi connectivity index (χ4v) is 3.46. The molecule has 30 heavy (non-hydrogen) atoms. The van der Waals surface area contributed by atoms with Crippen LogP contribution in [0.4, 0.5) is 0 Å². The summed E-state index contributed by atoms with van der Waals surface area (Å²) >= 11 is 0. The Bertz CT molecular complexity index is 749. The van der Waals surface area contributed by atoms with Gasteiger partial charge in [0, 0.05) is 0 Å². The van der Waals surface area contributed by atoms with E-state index >= 15 is 0 Å². The van der Waals surface area contributed by atoms with Crippen LogP contribution < -0.4 is 29.6 Å². The van der Waals surface area contributed by atoms with Crippen LogP contribution in [0.15, 0.2) is 24.3 Å². The molecule has 0 fully saturated rings. The van der Waals surface area contributed by atoms with E-state index in [-0.39, 0.29) is 53.7 Å². The molecule has 1 unspecified atom stereocenters. The molecule has 0 heterocycles. The molecule has 9 heteroatoms. The molecule has 0 bridgehead atoms. The van der Waals surface area contributed by atoms with Gasteiger partial charge in [-0.05, 0) is 25.0 Å². The third-order valence-electron chi connectivity index (χ3n) is 4.49. The largest absolute Gasteiger partial charge is 1.00 e. The molecular formula is C21H31NaO7S. The fourth-order valence-electron chi connectivity index (χ4n) is 2.85. The van der Waals surface area contributed by atoms with Gasteiger partial charge in [0.1, 0.15) is 10.1 Å². The van der Waals surface area contributed by atoms with Crippen molar-refractivity contribution in [2.24, 2.45) is 0 Å². The van der Waals surface area contributed by atoms with Crippen molar-refractivity contribution < 1.29 is 61.6 Å². The zero-order chi connectivity index (χ0) is 21.7. The maximum absolute atomic E-state index is 12.3. The van der Waals surface area contributed by atoms with Crippen LogP contribution in [0, 0.1) is 0 Å². The summed E-state index contributed by atoms with van der Waals surface area (Å²) in [5.74, 6) is -1.73. The number of carbonyl (C=O) groups is 2. The molecule has 0 spiro atoms. The summed E-state index contributed by atoms with van der Waals surface area (Å²) < 4.78 is 43.4. The van der Waals surface area contributed by atoms with Crippen LogP contribution in [0.2, 0.25) is 0 Å². The molecule has 1 aromatic rings. The van der Waals surface area contributed by atoms with E-state index in [1.165, 1.54) is 57.2 Å². The summed E-state index contributed by atoms with van der Waals surface area (Å²) in [5, 5.41) is 0. The summed E-state index contributed by atoms with van der Waals surface area (Å²) in [7, 11) is -4.79. The van der Waals surface area contributed by atoms with E-state index in [0.717, 1.165) is 19.3 Å². The number of rotatable bonds is 14. The summed E-state index contributed by atoms with van der Waals surface area (Å²) in [6, 6.07) is 5.81. The minimum Gasteiger partial charge on any atom is -0.745 e. The van der Waals surface area contributed by atoms with Gasteiger partial charge in [-0.1, -0.05) is 70.9 Å². The first-order valence-electron chi connectivity index (χ1n) is 10.2. The minimum atomic E-state index is -4.79. The predicted molar refractivity (Wildman–Crippen MR) is 109 cm³/mol. The van der Waals surface area contributed by atoms with Crippen molar-refractivity contribution in [2.75, 3.05) is 6.61 Å². The second-order valence-electron chi connectivity index (χ2n) is 6.89. The Hall–Kier alpha value is -0.930. The number of unbranched alkanes of at least 4 members (excludes halogenated alkanes) is 7. The van der Waals surface area contributed by atoms with Crippen LogP contribution in [0.5, 0.6) is 0 Å². The summed E-state index contributed by atoms with van der Waals surface area (Å²) in [6.45, 7) is 3.83. The monoisotopic (exact) mass is 450 g/mol. The fraction of sp³-hybridized carbons (Fsp3) is 0.619. The first-order chi connectivity index (χ1) is 13.8. The third kappa shape index (κ3) is 10.9. The number of benzene rings is 1. The van der Waals surface area contributed by atoms with Gasteiger partial charge >= 0.3 is 41.5 Å². The van der Waals surface area contributed by atoms with Crippen molar-refractivity contribution in [3.05, 3.63) is 35.4 Å². The average molecular weight is 451 g/mol. The Morgan fingerprint density at radius 1 is 0.900 bits per heavy atom. The zero-order valence-electron chi connectivity index (χ0n) is 18.2. The van der Waals surface area contributed by atoms with E-state index in [9.17, 15) is 22.6 Å². The van der Waals surface area contributed by atoms with E-state index in [1.807, 2.05) is 0 Å². The normalized spacial score (nSPS) is 12.0. The van der Waals surface area contributed by atoms with Gasteiger partial charge in [-0.2, -0.15) is 0 Å². The van der Waals surface area contributed by atoms with Gasteiger partial charge in [-0.15, -0.1) is 0 Å². The molecule has 0 aliphatic heterocycles. The second-order valence-corrected chi connectivity index (χ2v) is 8.40. The molecule has 0 aromatic heterocycles. The number of ether oxygens (including phenoxy) is 2. The molecule has 0 radical (unpaired) electrons. The average Bonchev–Trinajstić information content (AvgIpc) is 2.69. The maximum atomic E-state index is 12.3. The number of hydrogen-bond acceptors (Lipinski definition) is 7. The second kappa shape index (κ2) is 15.8. The molecule has 1 aromatic carbocycles. The van der Waals surface area contributed by atoms with Gasteiger partial charge in [-0.25, -0.2) is 18.0 Å². The van der Waals surface area contributed by atoms with Gasteiger partial charge in [0.2, 0.25) is 0 Å². The smallest absolute Gasteiger partial charge is 0.745 e. The Morgan fingerprint density at radius 3 is 1.90 bits per heavy atom. The van der Waals surface area contributed by atoms with Crippen molar-refractivity contribution in [1.82, 2.24) is 0 Å². The van der Waals surface area contributed by atoms with Gasteiger partial charge in [0.15, 0.2) is 5.44 Å². The van der Waals surface area contributed by atoms with Gasteiger partial charge < -0.3 is 14.0 Å². The number of hydrogen-bond donors (Lipinski definition) is 0. The molecule has 1 atom stereocenters. The molecule has 164 valence electrons. The standard InChI is InChI=1S/C21H32O7S.Na/c1-3-5-6-7-8-9-10-13-16-27-20(22)17-14-11-12-15-18(17)21(23)28-19(4-2)29(24,25)26;/h11-12,14-15,19H,3-10,13,16H2,1-2H3,(H,24,25,26);/q;+1/p-1. The van der Waals surface area contributed by atoms with Crippen molar-refractivity contribution in [2.45, 2.75) is 77.1 Å². The van der Waals surface area contributed by atoms with Gasteiger partial charge in [0.25, 0.3) is 0 Å². The Labute approximate surface area is 201 Å². The van der Waals surface area contributed by atoms with Crippen LogP contribution in [0.3, 0.4) is 0 Å². The molecule has 1 rings (SSSR count). The Kier molecular flexibility index (Phi) is 15.3. The first kappa shape index (κ1) is 29.1. The van der Waals surface area contributed by atoms with Crippen molar-refractivity contribution in [1.29, 1.82) is 0 Å². The van der Waals surface area contributed by atoms with E-state index in [2.05, 4.69) is 6.92 Å². The number of carbonyl (C=O) groups excluding carboxylic acids is 2. The molecule has 0 saturated carbocycles.